The maximum Gasteiger partial charge on any atom is 0.254 e. The van der Waals surface area contributed by atoms with Crippen LogP contribution in [0.5, 0.6) is 0 Å². The number of carbonyl (C=O) groups excluding carboxylic acids is 1. The fourth-order valence-corrected chi connectivity index (χ4v) is 2.70. The van der Waals surface area contributed by atoms with Crippen LogP contribution in [0.3, 0.4) is 0 Å². The summed E-state index contributed by atoms with van der Waals surface area (Å²) in [5.74, 6) is 0.234. The zero-order chi connectivity index (χ0) is 16.9. The molecule has 2 aromatic rings. The third-order valence-corrected chi connectivity index (χ3v) is 4.14. The number of aromatic amines is 1. The van der Waals surface area contributed by atoms with Gasteiger partial charge in [0.15, 0.2) is 0 Å². The summed E-state index contributed by atoms with van der Waals surface area (Å²) in [7, 11) is 0. The van der Waals surface area contributed by atoms with Gasteiger partial charge in [-0.05, 0) is 37.1 Å². The Labute approximate surface area is 144 Å². The van der Waals surface area contributed by atoms with E-state index in [0.717, 1.165) is 25.0 Å². The van der Waals surface area contributed by atoms with Crippen molar-refractivity contribution in [2.75, 3.05) is 13.2 Å². The largest absolute Gasteiger partial charge is 0.376 e. The molecule has 1 aromatic heterocycles. The monoisotopic (exact) mass is 347 g/mol. The molecule has 24 heavy (non-hydrogen) atoms. The van der Waals surface area contributed by atoms with E-state index in [-0.39, 0.29) is 24.0 Å². The minimum absolute atomic E-state index is 0.00402. The van der Waals surface area contributed by atoms with Crippen LogP contribution in [0, 0.1) is 0 Å². The second kappa shape index (κ2) is 7.59. The third-order valence-electron chi connectivity index (χ3n) is 3.89. The number of amides is 1. The van der Waals surface area contributed by atoms with Crippen molar-refractivity contribution >= 4 is 17.5 Å². The van der Waals surface area contributed by atoms with Crippen LogP contribution in [0.25, 0.3) is 11.4 Å². The molecule has 1 amide bonds. The van der Waals surface area contributed by atoms with E-state index in [1.165, 1.54) is 6.20 Å². The Morgan fingerprint density at radius 1 is 1.38 bits per heavy atom. The van der Waals surface area contributed by atoms with Gasteiger partial charge in [-0.3, -0.25) is 9.59 Å². The Hall–Kier alpha value is -2.18. The number of halogens is 1. The van der Waals surface area contributed by atoms with Crippen molar-refractivity contribution in [3.63, 3.8) is 0 Å². The quantitative estimate of drug-likeness (QED) is 0.865. The predicted molar refractivity (Wildman–Crippen MR) is 91.0 cm³/mol. The number of carbonyl (C=O) groups is 1. The number of hydrogen-bond acceptors (Lipinski definition) is 4. The summed E-state index contributed by atoms with van der Waals surface area (Å²) in [6.45, 7) is 1.23. The van der Waals surface area contributed by atoms with Gasteiger partial charge in [0.1, 0.15) is 5.82 Å². The molecular weight excluding hydrogens is 330 g/mol. The average molecular weight is 348 g/mol. The van der Waals surface area contributed by atoms with Gasteiger partial charge >= 0.3 is 0 Å². The van der Waals surface area contributed by atoms with Crippen LogP contribution in [0.15, 0.2) is 35.3 Å². The number of hydrogen-bond donors (Lipinski definition) is 2. The first-order valence-corrected chi connectivity index (χ1v) is 8.22. The molecule has 126 valence electrons. The number of benzene rings is 1. The molecule has 2 heterocycles. The summed E-state index contributed by atoms with van der Waals surface area (Å²) in [6.07, 6.45) is 3.50. The van der Waals surface area contributed by atoms with Crippen molar-refractivity contribution in [1.29, 1.82) is 0 Å². The molecule has 0 saturated carbocycles. The molecule has 1 atom stereocenters. The number of nitrogens with zero attached hydrogens (tertiary/aromatic N) is 1. The first kappa shape index (κ1) is 16.7. The molecule has 1 aliphatic rings. The Bertz CT molecular complexity index is 767. The van der Waals surface area contributed by atoms with Crippen LogP contribution in [-0.2, 0) is 16.0 Å². The van der Waals surface area contributed by atoms with Crippen LogP contribution >= 0.6 is 11.6 Å². The number of nitrogens with one attached hydrogen (secondary N) is 2. The van der Waals surface area contributed by atoms with Gasteiger partial charge in [-0.1, -0.05) is 11.6 Å². The number of rotatable bonds is 5. The van der Waals surface area contributed by atoms with E-state index >= 15 is 0 Å². The van der Waals surface area contributed by atoms with Crippen molar-refractivity contribution < 1.29 is 9.53 Å². The van der Waals surface area contributed by atoms with Crippen LogP contribution < -0.4 is 10.9 Å². The molecule has 0 radical (unpaired) electrons. The van der Waals surface area contributed by atoms with Crippen molar-refractivity contribution in [2.45, 2.75) is 25.4 Å². The standard InChI is InChI=1S/C17H18ClN3O3/c18-13-5-3-11(4-6-13)16-20-9-12(17(23)21-16)8-15(22)19-10-14-2-1-7-24-14/h3-6,9,14H,1-2,7-8,10H2,(H,19,22)(H,20,21,23)/t14-/m1/s1. The van der Waals surface area contributed by atoms with Crippen LogP contribution in [0.2, 0.25) is 5.02 Å². The van der Waals surface area contributed by atoms with Crippen molar-refractivity contribution in [3.8, 4) is 11.4 Å². The lowest BCUT2D eigenvalue weighted by atomic mass is 10.2. The number of aromatic nitrogens is 2. The van der Waals surface area contributed by atoms with Gasteiger partial charge in [0.05, 0.1) is 12.5 Å². The molecule has 1 aromatic carbocycles. The van der Waals surface area contributed by atoms with Crippen LogP contribution in [-0.4, -0.2) is 35.1 Å². The Balaban J connectivity index is 1.63. The molecule has 0 unspecified atom stereocenters. The fraction of sp³-hybridized carbons (Fsp3) is 0.353. The van der Waals surface area contributed by atoms with Gasteiger partial charge < -0.3 is 15.0 Å². The first-order chi connectivity index (χ1) is 11.6. The SMILES string of the molecule is O=C(Cc1cnc(-c2ccc(Cl)cc2)[nH]c1=O)NC[C@H]1CCCO1. The smallest absolute Gasteiger partial charge is 0.254 e. The molecular formula is C17H18ClN3O3. The van der Waals surface area contributed by atoms with E-state index in [1.807, 2.05) is 0 Å². The molecule has 1 fully saturated rings. The highest BCUT2D eigenvalue weighted by molar-refractivity contribution is 6.30. The molecule has 1 aliphatic heterocycles. The second-order valence-corrected chi connectivity index (χ2v) is 6.15. The van der Waals surface area contributed by atoms with Gasteiger partial charge in [-0.15, -0.1) is 0 Å². The summed E-state index contributed by atoms with van der Waals surface area (Å²) in [5, 5.41) is 3.41. The normalized spacial score (nSPS) is 17.0. The average Bonchev–Trinajstić information content (AvgIpc) is 3.09. The highest BCUT2D eigenvalue weighted by Gasteiger charge is 2.17. The Morgan fingerprint density at radius 3 is 2.83 bits per heavy atom. The van der Waals surface area contributed by atoms with E-state index in [9.17, 15) is 9.59 Å². The molecule has 0 bridgehead atoms. The summed E-state index contributed by atoms with van der Waals surface area (Å²) in [6, 6.07) is 7.00. The van der Waals surface area contributed by atoms with E-state index in [4.69, 9.17) is 16.3 Å². The fourth-order valence-electron chi connectivity index (χ4n) is 2.57. The maximum absolute atomic E-state index is 12.1. The Kier molecular flexibility index (Phi) is 5.27. The van der Waals surface area contributed by atoms with Gasteiger partial charge in [0.25, 0.3) is 5.56 Å². The second-order valence-electron chi connectivity index (χ2n) is 5.71. The summed E-state index contributed by atoms with van der Waals surface area (Å²) in [4.78, 5) is 31.0. The van der Waals surface area contributed by atoms with E-state index < -0.39 is 0 Å². The Morgan fingerprint density at radius 2 is 2.17 bits per heavy atom. The predicted octanol–water partition coefficient (Wildman–Crippen LogP) is 1.93. The van der Waals surface area contributed by atoms with E-state index in [1.54, 1.807) is 24.3 Å². The minimum Gasteiger partial charge on any atom is -0.376 e. The molecule has 3 rings (SSSR count). The summed E-state index contributed by atoms with van der Waals surface area (Å²) >= 11 is 5.84. The highest BCUT2D eigenvalue weighted by atomic mass is 35.5. The lowest BCUT2D eigenvalue weighted by molar-refractivity contribution is -0.120. The van der Waals surface area contributed by atoms with Gasteiger partial charge in [-0.2, -0.15) is 0 Å². The third kappa shape index (κ3) is 4.21. The summed E-state index contributed by atoms with van der Waals surface area (Å²) in [5.41, 5.74) is 0.769. The lowest BCUT2D eigenvalue weighted by Crippen LogP contribution is -2.34. The van der Waals surface area contributed by atoms with Crippen LogP contribution in [0.1, 0.15) is 18.4 Å². The van der Waals surface area contributed by atoms with Crippen LogP contribution in [0.4, 0.5) is 0 Å². The molecule has 0 aliphatic carbocycles. The topological polar surface area (TPSA) is 84.1 Å². The van der Waals surface area contributed by atoms with Crippen molar-refractivity contribution in [1.82, 2.24) is 15.3 Å². The van der Waals surface area contributed by atoms with Crippen molar-refractivity contribution in [2.24, 2.45) is 0 Å². The highest BCUT2D eigenvalue weighted by Crippen LogP contribution is 2.16. The van der Waals surface area contributed by atoms with Crippen molar-refractivity contribution in [3.05, 3.63) is 51.4 Å². The van der Waals surface area contributed by atoms with E-state index in [0.29, 0.717) is 23.0 Å². The first-order valence-electron chi connectivity index (χ1n) is 7.84. The zero-order valence-corrected chi connectivity index (χ0v) is 13.8. The number of ether oxygens (including phenoxy) is 1. The number of H-pyrrole nitrogens is 1. The molecule has 0 spiro atoms. The van der Waals surface area contributed by atoms with Gasteiger partial charge in [-0.25, -0.2) is 4.98 Å². The van der Waals surface area contributed by atoms with Gasteiger partial charge in [0, 0.05) is 35.5 Å². The molecule has 6 nitrogen and oxygen atoms in total. The molecule has 2 N–H and O–H groups in total. The molecule has 1 saturated heterocycles. The minimum atomic E-state index is -0.317. The maximum atomic E-state index is 12.1. The van der Waals surface area contributed by atoms with E-state index in [2.05, 4.69) is 15.3 Å². The summed E-state index contributed by atoms with van der Waals surface area (Å²) < 4.78 is 5.45. The zero-order valence-electron chi connectivity index (χ0n) is 13.0. The lowest BCUT2D eigenvalue weighted by Gasteiger charge is -2.10. The van der Waals surface area contributed by atoms with Gasteiger partial charge in [0.2, 0.25) is 5.91 Å². The molecule has 7 heteroatoms.